The number of hydrogen-bond acceptors (Lipinski definition) is 2. The lowest BCUT2D eigenvalue weighted by atomic mass is 9.97. The molecule has 2 fully saturated rings. The van der Waals surface area contributed by atoms with Gasteiger partial charge in [0, 0.05) is 5.57 Å². The average molecular weight is 222 g/mol. The second kappa shape index (κ2) is 5.51. The number of rotatable bonds is 3. The van der Waals surface area contributed by atoms with E-state index in [0.717, 1.165) is 18.4 Å². The summed E-state index contributed by atoms with van der Waals surface area (Å²) in [6.07, 6.45) is 11.6. The van der Waals surface area contributed by atoms with E-state index in [1.165, 1.54) is 38.5 Å². The van der Waals surface area contributed by atoms with Crippen LogP contribution in [-0.4, -0.2) is 12.1 Å². The minimum atomic E-state index is -0.0405. The number of hydrogen-bond donors (Lipinski definition) is 0. The van der Waals surface area contributed by atoms with E-state index >= 15 is 0 Å². The maximum Gasteiger partial charge on any atom is 0.334 e. The molecule has 0 aromatic rings. The van der Waals surface area contributed by atoms with Gasteiger partial charge in [-0.1, -0.05) is 18.9 Å². The van der Waals surface area contributed by atoms with Gasteiger partial charge in [0.1, 0.15) is 6.10 Å². The van der Waals surface area contributed by atoms with Gasteiger partial charge in [-0.15, -0.1) is 0 Å². The Kier molecular flexibility index (Phi) is 4.03. The molecule has 0 heterocycles. The number of ether oxygens (including phenoxy) is 1. The van der Waals surface area contributed by atoms with Crippen LogP contribution in [0.1, 0.15) is 58.3 Å². The van der Waals surface area contributed by atoms with Gasteiger partial charge in [-0.2, -0.15) is 0 Å². The first kappa shape index (κ1) is 11.7. The number of carbonyl (C=O) groups excluding carboxylic acids is 1. The smallest absolute Gasteiger partial charge is 0.334 e. The quantitative estimate of drug-likeness (QED) is 0.538. The van der Waals surface area contributed by atoms with E-state index in [1.807, 2.05) is 13.0 Å². The zero-order valence-corrected chi connectivity index (χ0v) is 10.2. The summed E-state index contributed by atoms with van der Waals surface area (Å²) >= 11 is 0. The first-order valence-electron chi connectivity index (χ1n) is 6.68. The van der Waals surface area contributed by atoms with E-state index in [-0.39, 0.29) is 12.1 Å². The van der Waals surface area contributed by atoms with Gasteiger partial charge in [-0.3, -0.25) is 0 Å². The van der Waals surface area contributed by atoms with E-state index in [9.17, 15) is 4.79 Å². The van der Waals surface area contributed by atoms with Crippen molar-refractivity contribution in [2.45, 2.75) is 64.4 Å². The highest BCUT2D eigenvalue weighted by Crippen LogP contribution is 2.32. The Bertz CT molecular complexity index is 268. The standard InChI is InChI=1S/C14H22O2/c1-2-13(11-7-3-4-8-11)14(15)16-12-9-5-6-10-12/h2,11-12H,3-10H2,1H3. The molecule has 0 aromatic carbocycles. The van der Waals surface area contributed by atoms with Crippen LogP contribution in [0.4, 0.5) is 0 Å². The minimum Gasteiger partial charge on any atom is -0.459 e. The van der Waals surface area contributed by atoms with E-state index in [4.69, 9.17) is 4.74 Å². The molecule has 0 N–H and O–H groups in total. The lowest BCUT2D eigenvalue weighted by Gasteiger charge is -2.16. The predicted octanol–water partition coefficient (Wildman–Crippen LogP) is 3.61. The van der Waals surface area contributed by atoms with Crippen molar-refractivity contribution >= 4 is 5.97 Å². The summed E-state index contributed by atoms with van der Waals surface area (Å²) in [6.45, 7) is 1.96. The molecule has 2 aliphatic carbocycles. The Morgan fingerprint density at radius 1 is 1.06 bits per heavy atom. The Balaban J connectivity index is 1.90. The summed E-state index contributed by atoms with van der Waals surface area (Å²) < 4.78 is 5.57. The largest absolute Gasteiger partial charge is 0.459 e. The highest BCUT2D eigenvalue weighted by Gasteiger charge is 2.27. The van der Waals surface area contributed by atoms with Crippen molar-refractivity contribution in [2.24, 2.45) is 5.92 Å². The molecule has 2 rings (SSSR count). The highest BCUT2D eigenvalue weighted by atomic mass is 16.5. The monoisotopic (exact) mass is 222 g/mol. The molecule has 2 nitrogen and oxygen atoms in total. The SMILES string of the molecule is CC=C(C(=O)OC1CCCC1)C1CCCC1. The zero-order valence-electron chi connectivity index (χ0n) is 10.2. The fraction of sp³-hybridized carbons (Fsp3) is 0.786. The second-order valence-electron chi connectivity index (χ2n) is 5.04. The number of carbonyl (C=O) groups is 1. The molecular weight excluding hydrogens is 200 g/mol. The molecule has 0 atom stereocenters. The van der Waals surface area contributed by atoms with Crippen molar-refractivity contribution in [1.82, 2.24) is 0 Å². The van der Waals surface area contributed by atoms with Gasteiger partial charge in [0.25, 0.3) is 0 Å². The predicted molar refractivity (Wildman–Crippen MR) is 64.1 cm³/mol. The Morgan fingerprint density at radius 3 is 2.19 bits per heavy atom. The van der Waals surface area contributed by atoms with Gasteiger partial charge in [0.2, 0.25) is 0 Å². The molecule has 16 heavy (non-hydrogen) atoms. The van der Waals surface area contributed by atoms with Gasteiger partial charge in [0.15, 0.2) is 0 Å². The van der Waals surface area contributed by atoms with Crippen molar-refractivity contribution in [3.05, 3.63) is 11.6 Å². The summed E-state index contributed by atoms with van der Waals surface area (Å²) in [6, 6.07) is 0. The van der Waals surface area contributed by atoms with Crippen LogP contribution < -0.4 is 0 Å². The second-order valence-corrected chi connectivity index (χ2v) is 5.04. The van der Waals surface area contributed by atoms with Crippen LogP contribution in [0.5, 0.6) is 0 Å². The summed E-state index contributed by atoms with van der Waals surface area (Å²) in [7, 11) is 0. The summed E-state index contributed by atoms with van der Waals surface area (Å²) in [5.74, 6) is 0.431. The van der Waals surface area contributed by atoms with Crippen LogP contribution in [0.15, 0.2) is 11.6 Å². The van der Waals surface area contributed by atoms with Gasteiger partial charge >= 0.3 is 5.97 Å². The third-order valence-corrected chi connectivity index (χ3v) is 3.92. The molecular formula is C14H22O2. The van der Waals surface area contributed by atoms with Gasteiger partial charge in [0.05, 0.1) is 0 Å². The molecule has 0 aliphatic heterocycles. The fourth-order valence-corrected chi connectivity index (χ4v) is 2.98. The molecule has 0 radical (unpaired) electrons. The zero-order chi connectivity index (χ0) is 11.4. The molecule has 2 saturated carbocycles. The molecule has 0 amide bonds. The third kappa shape index (κ3) is 2.66. The normalized spacial score (nSPS) is 23.9. The van der Waals surface area contributed by atoms with Crippen molar-refractivity contribution in [2.75, 3.05) is 0 Å². The first-order chi connectivity index (χ1) is 7.81. The van der Waals surface area contributed by atoms with Gasteiger partial charge in [-0.05, 0) is 51.4 Å². The Hall–Kier alpha value is -0.790. The van der Waals surface area contributed by atoms with E-state index in [2.05, 4.69) is 0 Å². The molecule has 90 valence electrons. The van der Waals surface area contributed by atoms with Gasteiger partial charge < -0.3 is 4.74 Å². The third-order valence-electron chi connectivity index (χ3n) is 3.92. The fourth-order valence-electron chi connectivity index (χ4n) is 2.98. The molecule has 2 aliphatic rings. The van der Waals surface area contributed by atoms with Crippen molar-refractivity contribution in [3.8, 4) is 0 Å². The van der Waals surface area contributed by atoms with Crippen LogP contribution in [-0.2, 0) is 9.53 Å². The molecule has 0 aromatic heterocycles. The van der Waals surface area contributed by atoms with Crippen LogP contribution in [0, 0.1) is 5.92 Å². The molecule has 0 bridgehead atoms. The van der Waals surface area contributed by atoms with Gasteiger partial charge in [-0.25, -0.2) is 4.79 Å². The summed E-state index contributed by atoms with van der Waals surface area (Å²) in [5, 5.41) is 0. The van der Waals surface area contributed by atoms with Crippen molar-refractivity contribution in [3.63, 3.8) is 0 Å². The van der Waals surface area contributed by atoms with Crippen LogP contribution in [0.3, 0.4) is 0 Å². The highest BCUT2D eigenvalue weighted by molar-refractivity contribution is 5.89. The van der Waals surface area contributed by atoms with Crippen molar-refractivity contribution in [1.29, 1.82) is 0 Å². The molecule has 2 heteroatoms. The maximum absolute atomic E-state index is 12.0. The maximum atomic E-state index is 12.0. The summed E-state index contributed by atoms with van der Waals surface area (Å²) in [4.78, 5) is 12.0. The minimum absolute atomic E-state index is 0.0405. The Labute approximate surface area is 98.1 Å². The van der Waals surface area contributed by atoms with Crippen LogP contribution in [0.25, 0.3) is 0 Å². The number of allylic oxidation sites excluding steroid dienone is 1. The average Bonchev–Trinajstić information content (AvgIpc) is 2.91. The molecule has 0 unspecified atom stereocenters. The van der Waals surface area contributed by atoms with Crippen LogP contribution in [0.2, 0.25) is 0 Å². The lowest BCUT2D eigenvalue weighted by molar-refractivity contribution is -0.144. The van der Waals surface area contributed by atoms with Crippen molar-refractivity contribution < 1.29 is 9.53 Å². The van der Waals surface area contributed by atoms with E-state index < -0.39 is 0 Å². The van der Waals surface area contributed by atoms with E-state index in [0.29, 0.717) is 5.92 Å². The van der Waals surface area contributed by atoms with E-state index in [1.54, 1.807) is 0 Å². The lowest BCUT2D eigenvalue weighted by Crippen LogP contribution is -2.19. The first-order valence-corrected chi connectivity index (χ1v) is 6.68. The van der Waals surface area contributed by atoms with Crippen LogP contribution >= 0.6 is 0 Å². The Morgan fingerprint density at radius 2 is 1.62 bits per heavy atom. The molecule has 0 spiro atoms. The number of esters is 1. The topological polar surface area (TPSA) is 26.3 Å². The summed E-state index contributed by atoms with van der Waals surface area (Å²) in [5.41, 5.74) is 0.935. The molecule has 0 saturated heterocycles.